The number of azo groups is 1. The summed E-state index contributed by atoms with van der Waals surface area (Å²) >= 11 is 0. The second-order valence-electron chi connectivity index (χ2n) is 5.56. The van der Waals surface area contributed by atoms with E-state index in [0.717, 1.165) is 16.8 Å². The molecule has 24 heavy (non-hydrogen) atoms. The van der Waals surface area contributed by atoms with Crippen molar-refractivity contribution in [3.8, 4) is 17.4 Å². The average Bonchev–Trinajstić information content (AvgIpc) is 2.88. The van der Waals surface area contributed by atoms with Gasteiger partial charge in [-0.1, -0.05) is 12.1 Å². The predicted octanol–water partition coefficient (Wildman–Crippen LogP) is 4.92. The van der Waals surface area contributed by atoms with Crippen LogP contribution in [0.15, 0.2) is 40.6 Å². The van der Waals surface area contributed by atoms with Crippen LogP contribution in [0.5, 0.6) is 17.4 Å². The highest BCUT2D eigenvalue weighted by Gasteiger charge is 2.15. The summed E-state index contributed by atoms with van der Waals surface area (Å²) in [4.78, 5) is 2.88. The number of H-pyrrole nitrogens is 1. The highest BCUT2D eigenvalue weighted by molar-refractivity contribution is 5.96. The number of rotatable bonds is 4. The Balaban J connectivity index is 2.10. The van der Waals surface area contributed by atoms with Gasteiger partial charge >= 0.3 is 0 Å². The zero-order valence-electron chi connectivity index (χ0n) is 14.0. The Kier molecular flexibility index (Phi) is 4.12. The second-order valence-corrected chi connectivity index (χ2v) is 5.56. The molecule has 0 atom stereocenters. The van der Waals surface area contributed by atoms with Crippen molar-refractivity contribution in [1.82, 2.24) is 4.98 Å². The zero-order valence-corrected chi connectivity index (χ0v) is 14.0. The van der Waals surface area contributed by atoms with Crippen LogP contribution >= 0.6 is 0 Å². The van der Waals surface area contributed by atoms with Crippen molar-refractivity contribution in [2.75, 3.05) is 14.2 Å². The minimum absolute atomic E-state index is 0.0469. The quantitative estimate of drug-likeness (QED) is 0.668. The van der Waals surface area contributed by atoms with Crippen LogP contribution < -0.4 is 9.47 Å². The molecular weight excluding hydrogens is 306 g/mol. The van der Waals surface area contributed by atoms with Gasteiger partial charge in [-0.2, -0.15) is 5.11 Å². The number of fused-ring (bicyclic) bond motifs is 1. The van der Waals surface area contributed by atoms with E-state index in [9.17, 15) is 5.11 Å². The van der Waals surface area contributed by atoms with E-state index in [1.807, 2.05) is 32.0 Å². The van der Waals surface area contributed by atoms with Crippen LogP contribution in [0.3, 0.4) is 0 Å². The first-order valence-electron chi connectivity index (χ1n) is 7.49. The molecule has 0 aliphatic heterocycles. The number of benzene rings is 2. The summed E-state index contributed by atoms with van der Waals surface area (Å²) in [6.07, 6.45) is 0. The van der Waals surface area contributed by atoms with Crippen molar-refractivity contribution in [2.45, 2.75) is 13.8 Å². The fourth-order valence-corrected chi connectivity index (χ4v) is 2.52. The molecular formula is C18H19N3O3. The van der Waals surface area contributed by atoms with Crippen LogP contribution in [0.4, 0.5) is 11.4 Å². The molecule has 0 aliphatic carbocycles. The number of hydrogen-bond donors (Lipinski definition) is 2. The van der Waals surface area contributed by atoms with E-state index in [0.29, 0.717) is 28.1 Å². The molecule has 3 aromatic rings. The van der Waals surface area contributed by atoms with Crippen molar-refractivity contribution in [3.05, 3.63) is 41.5 Å². The van der Waals surface area contributed by atoms with Gasteiger partial charge in [0.25, 0.3) is 0 Å². The minimum atomic E-state index is -0.0469. The standard InChI is InChI=1S/C18H19N3O3/c1-10-5-6-11(2)13(7-10)20-21-17-12-8-15(23-3)16(24-4)9-14(12)19-18(17)22/h5-9,19,22H,1-4H3. The topological polar surface area (TPSA) is 79.2 Å². The summed E-state index contributed by atoms with van der Waals surface area (Å²) in [5.74, 6) is 1.09. The number of ether oxygens (including phenoxy) is 2. The number of hydrogen-bond acceptors (Lipinski definition) is 5. The lowest BCUT2D eigenvalue weighted by Crippen LogP contribution is -1.89. The van der Waals surface area contributed by atoms with Gasteiger partial charge in [0.2, 0.25) is 5.88 Å². The molecule has 0 bridgehead atoms. The summed E-state index contributed by atoms with van der Waals surface area (Å²) in [6.45, 7) is 3.97. The first kappa shape index (κ1) is 15.9. The monoisotopic (exact) mass is 325 g/mol. The molecule has 6 nitrogen and oxygen atoms in total. The van der Waals surface area contributed by atoms with Crippen molar-refractivity contribution in [1.29, 1.82) is 0 Å². The van der Waals surface area contributed by atoms with E-state index in [1.54, 1.807) is 26.4 Å². The third-order valence-electron chi connectivity index (χ3n) is 3.88. The SMILES string of the molecule is COc1cc2[nH]c(O)c(N=Nc3cc(C)ccc3C)c2cc1OC. The fraction of sp³-hybridized carbons (Fsp3) is 0.222. The number of aromatic hydroxyl groups is 1. The molecule has 0 fully saturated rings. The van der Waals surface area contributed by atoms with E-state index in [1.165, 1.54) is 0 Å². The molecule has 0 unspecified atom stereocenters. The Hall–Kier alpha value is -3.02. The van der Waals surface area contributed by atoms with Gasteiger partial charge in [-0.15, -0.1) is 5.11 Å². The molecule has 6 heteroatoms. The van der Waals surface area contributed by atoms with Crippen LogP contribution in [0.2, 0.25) is 0 Å². The van der Waals surface area contributed by atoms with E-state index in [2.05, 4.69) is 15.2 Å². The number of aromatic amines is 1. The molecule has 0 amide bonds. The van der Waals surface area contributed by atoms with Gasteiger partial charge in [0.1, 0.15) is 0 Å². The maximum Gasteiger partial charge on any atom is 0.218 e. The molecule has 0 spiro atoms. The smallest absolute Gasteiger partial charge is 0.218 e. The lowest BCUT2D eigenvalue weighted by atomic mass is 10.1. The molecule has 2 N–H and O–H groups in total. The van der Waals surface area contributed by atoms with Gasteiger partial charge in [0.15, 0.2) is 17.2 Å². The molecule has 1 heterocycles. The van der Waals surface area contributed by atoms with Crippen molar-refractivity contribution in [2.24, 2.45) is 10.2 Å². The number of nitrogens with zero attached hydrogens (tertiary/aromatic N) is 2. The normalized spacial score (nSPS) is 11.3. The Morgan fingerprint density at radius 1 is 0.958 bits per heavy atom. The van der Waals surface area contributed by atoms with Gasteiger partial charge in [-0.3, -0.25) is 0 Å². The van der Waals surface area contributed by atoms with Crippen LogP contribution in [-0.4, -0.2) is 24.3 Å². The van der Waals surface area contributed by atoms with Gasteiger partial charge in [0, 0.05) is 11.5 Å². The second kappa shape index (κ2) is 6.23. The van der Waals surface area contributed by atoms with Gasteiger partial charge < -0.3 is 19.6 Å². The molecule has 0 saturated carbocycles. The third-order valence-corrected chi connectivity index (χ3v) is 3.88. The van der Waals surface area contributed by atoms with Crippen LogP contribution in [0, 0.1) is 13.8 Å². The van der Waals surface area contributed by atoms with Crippen molar-refractivity contribution in [3.63, 3.8) is 0 Å². The average molecular weight is 325 g/mol. The molecule has 1 aromatic heterocycles. The summed E-state index contributed by atoms with van der Waals surface area (Å²) in [5, 5.41) is 19.4. The maximum absolute atomic E-state index is 10.2. The number of nitrogens with one attached hydrogen (secondary N) is 1. The molecule has 0 saturated heterocycles. The van der Waals surface area contributed by atoms with Gasteiger partial charge in [0.05, 0.1) is 25.4 Å². The lowest BCUT2D eigenvalue weighted by molar-refractivity contribution is 0.356. The first-order chi connectivity index (χ1) is 11.5. The Morgan fingerprint density at radius 2 is 1.67 bits per heavy atom. The molecule has 3 rings (SSSR count). The summed E-state index contributed by atoms with van der Waals surface area (Å²) in [6, 6.07) is 9.49. The number of methoxy groups -OCH3 is 2. The molecule has 0 radical (unpaired) electrons. The van der Waals surface area contributed by atoms with Crippen molar-refractivity contribution < 1.29 is 14.6 Å². The molecule has 124 valence electrons. The minimum Gasteiger partial charge on any atom is -0.493 e. The Labute approximate surface area is 139 Å². The Morgan fingerprint density at radius 3 is 2.38 bits per heavy atom. The van der Waals surface area contributed by atoms with E-state index in [-0.39, 0.29) is 5.88 Å². The summed E-state index contributed by atoms with van der Waals surface area (Å²) in [5.41, 5.74) is 3.95. The highest BCUT2D eigenvalue weighted by atomic mass is 16.5. The predicted molar refractivity (Wildman–Crippen MR) is 93.2 cm³/mol. The van der Waals surface area contributed by atoms with Gasteiger partial charge in [-0.05, 0) is 37.1 Å². The van der Waals surface area contributed by atoms with E-state index in [4.69, 9.17) is 9.47 Å². The molecule has 0 aliphatic rings. The first-order valence-corrected chi connectivity index (χ1v) is 7.49. The number of aromatic nitrogens is 1. The van der Waals surface area contributed by atoms with Crippen molar-refractivity contribution >= 4 is 22.3 Å². The van der Waals surface area contributed by atoms with E-state index >= 15 is 0 Å². The Bertz CT molecular complexity index is 929. The third kappa shape index (κ3) is 2.78. The lowest BCUT2D eigenvalue weighted by Gasteiger charge is -2.07. The van der Waals surface area contributed by atoms with Crippen LogP contribution in [0.25, 0.3) is 10.9 Å². The van der Waals surface area contributed by atoms with Crippen LogP contribution in [0.1, 0.15) is 11.1 Å². The molecule has 2 aromatic carbocycles. The fourth-order valence-electron chi connectivity index (χ4n) is 2.52. The van der Waals surface area contributed by atoms with Crippen LogP contribution in [-0.2, 0) is 0 Å². The highest BCUT2D eigenvalue weighted by Crippen LogP contribution is 2.41. The zero-order chi connectivity index (χ0) is 17.3. The van der Waals surface area contributed by atoms with E-state index < -0.39 is 0 Å². The summed E-state index contributed by atoms with van der Waals surface area (Å²) in [7, 11) is 3.13. The summed E-state index contributed by atoms with van der Waals surface area (Å²) < 4.78 is 10.6. The maximum atomic E-state index is 10.2. The van der Waals surface area contributed by atoms with Gasteiger partial charge in [-0.25, -0.2) is 0 Å². The number of aryl methyl sites for hydroxylation is 2. The largest absolute Gasteiger partial charge is 0.493 e.